The van der Waals surface area contributed by atoms with Gasteiger partial charge in [0.2, 0.25) is 0 Å². The smallest absolute Gasteiger partial charge is 0.186 e. The lowest BCUT2D eigenvalue weighted by molar-refractivity contribution is -0.109. The molecular weight excluding hydrogens is 238 g/mol. The van der Waals surface area contributed by atoms with Crippen molar-refractivity contribution in [1.29, 1.82) is 0 Å². The summed E-state index contributed by atoms with van der Waals surface area (Å²) < 4.78 is 0. The number of nitrogens with zero attached hydrogens (tertiary/aromatic N) is 1. The van der Waals surface area contributed by atoms with Crippen molar-refractivity contribution >= 4 is 39.9 Å². The molecule has 0 amide bonds. The van der Waals surface area contributed by atoms with Crippen molar-refractivity contribution in [2.24, 2.45) is 4.99 Å². The van der Waals surface area contributed by atoms with E-state index in [1.807, 2.05) is 24.3 Å². The largest absolute Gasteiger partial charge is 0.288 e. The summed E-state index contributed by atoms with van der Waals surface area (Å²) in [5.74, 6) is 6.39. The third-order valence-corrected chi connectivity index (χ3v) is 2.41. The van der Waals surface area contributed by atoms with Gasteiger partial charge in [0, 0.05) is 12.5 Å². The van der Waals surface area contributed by atoms with Crippen LogP contribution in [-0.4, -0.2) is 16.0 Å². The predicted octanol–water partition coefficient (Wildman–Crippen LogP) is 3.05. The van der Waals surface area contributed by atoms with E-state index in [2.05, 4.69) is 34.2 Å². The van der Waals surface area contributed by atoms with E-state index in [1.165, 1.54) is 18.7 Å². The molecule has 0 aliphatic heterocycles. The summed E-state index contributed by atoms with van der Waals surface area (Å²) in [6.45, 7) is 1.53. The van der Waals surface area contributed by atoms with E-state index in [-0.39, 0.29) is 5.12 Å². The van der Waals surface area contributed by atoms with Crippen LogP contribution in [0.1, 0.15) is 12.5 Å². The maximum Gasteiger partial charge on any atom is 0.186 e. The molecule has 0 unspecified atom stereocenters. The van der Waals surface area contributed by atoms with Crippen LogP contribution in [0.2, 0.25) is 0 Å². The fourth-order valence-electron chi connectivity index (χ4n) is 0.948. The monoisotopic (exact) mass is 247 g/mol. The fourth-order valence-corrected chi connectivity index (χ4v) is 1.40. The van der Waals surface area contributed by atoms with Crippen LogP contribution in [0.25, 0.3) is 0 Å². The molecule has 16 heavy (non-hydrogen) atoms. The van der Waals surface area contributed by atoms with E-state index in [1.54, 1.807) is 0 Å². The van der Waals surface area contributed by atoms with Gasteiger partial charge >= 0.3 is 0 Å². The average Bonchev–Trinajstić information content (AvgIpc) is 2.27. The Balaban J connectivity index is 2.61. The van der Waals surface area contributed by atoms with Gasteiger partial charge in [-0.1, -0.05) is 23.6 Å². The van der Waals surface area contributed by atoms with Crippen LogP contribution in [-0.2, 0) is 4.79 Å². The van der Waals surface area contributed by atoms with Crippen molar-refractivity contribution in [1.82, 2.24) is 0 Å². The quantitative estimate of drug-likeness (QED) is 0.457. The average molecular weight is 247 g/mol. The summed E-state index contributed by atoms with van der Waals surface area (Å²) in [7, 11) is 0. The molecule has 80 valence electrons. The molecule has 1 aromatic rings. The molecule has 0 aromatic heterocycles. The number of benzene rings is 1. The molecule has 0 aliphatic rings. The zero-order valence-corrected chi connectivity index (χ0v) is 10.3. The second kappa shape index (κ2) is 6.97. The van der Waals surface area contributed by atoms with E-state index < -0.39 is 0 Å². The maximum absolute atomic E-state index is 10.6. The number of hydrogen-bond donors (Lipinski definition) is 0. The highest BCUT2D eigenvalue weighted by atomic mass is 32.2. The summed E-state index contributed by atoms with van der Waals surface area (Å²) in [4.78, 5) is 14.5. The molecule has 0 radical (unpaired) electrons. The summed E-state index contributed by atoms with van der Waals surface area (Å²) in [5, 5.41) is 2.38. The molecule has 0 N–H and O–H groups in total. The van der Waals surface area contributed by atoms with E-state index in [0.29, 0.717) is 5.75 Å². The Kier molecular flexibility index (Phi) is 5.52. The van der Waals surface area contributed by atoms with Crippen LogP contribution in [0.4, 0.5) is 5.69 Å². The van der Waals surface area contributed by atoms with Crippen LogP contribution >= 0.6 is 24.0 Å². The van der Waals surface area contributed by atoms with Crippen molar-refractivity contribution in [3.8, 4) is 11.8 Å². The molecule has 1 aromatic carbocycles. The second-order valence-corrected chi connectivity index (χ2v) is 4.17. The Hall–Kier alpha value is -1.40. The van der Waals surface area contributed by atoms with Gasteiger partial charge in [0.05, 0.1) is 16.6 Å². The Labute approximate surface area is 104 Å². The molecule has 4 heteroatoms. The number of carbonyl (C=O) groups is 1. The molecule has 0 bridgehead atoms. The molecule has 0 saturated carbocycles. The van der Waals surface area contributed by atoms with Crippen molar-refractivity contribution in [2.75, 3.05) is 5.75 Å². The minimum Gasteiger partial charge on any atom is -0.288 e. The topological polar surface area (TPSA) is 29.4 Å². The molecule has 0 saturated heterocycles. The van der Waals surface area contributed by atoms with Crippen LogP contribution in [0.5, 0.6) is 0 Å². The first-order valence-electron chi connectivity index (χ1n) is 4.52. The van der Waals surface area contributed by atoms with Gasteiger partial charge in [-0.05, 0) is 36.5 Å². The highest BCUT2D eigenvalue weighted by Crippen LogP contribution is 2.11. The lowest BCUT2D eigenvalue weighted by Gasteiger charge is -1.91. The van der Waals surface area contributed by atoms with Gasteiger partial charge in [0.15, 0.2) is 5.12 Å². The third kappa shape index (κ3) is 4.90. The lowest BCUT2D eigenvalue weighted by Crippen LogP contribution is -1.82. The number of carbonyl (C=O) groups excluding carboxylic acids is 1. The van der Waals surface area contributed by atoms with E-state index in [9.17, 15) is 4.79 Å². The Bertz CT molecular complexity index is 476. The molecular formula is C12H9NOS2. The van der Waals surface area contributed by atoms with Gasteiger partial charge in [0.1, 0.15) is 0 Å². The van der Waals surface area contributed by atoms with Crippen LogP contribution in [0.15, 0.2) is 29.3 Å². The highest BCUT2D eigenvalue weighted by Gasteiger charge is 1.90. The van der Waals surface area contributed by atoms with Crippen LogP contribution < -0.4 is 0 Å². The molecule has 2 nitrogen and oxygen atoms in total. The summed E-state index contributed by atoms with van der Waals surface area (Å²) >= 11 is 5.70. The van der Waals surface area contributed by atoms with Crippen molar-refractivity contribution < 1.29 is 4.79 Å². The molecule has 0 fully saturated rings. The summed E-state index contributed by atoms with van der Waals surface area (Å²) in [5.41, 5.74) is 1.66. The first-order chi connectivity index (χ1) is 7.72. The summed E-state index contributed by atoms with van der Waals surface area (Å²) in [6, 6.07) is 7.36. The number of hydrogen-bond acceptors (Lipinski definition) is 4. The Morgan fingerprint density at radius 1 is 1.44 bits per heavy atom. The maximum atomic E-state index is 10.6. The van der Waals surface area contributed by atoms with Crippen molar-refractivity contribution in [2.45, 2.75) is 6.92 Å². The Morgan fingerprint density at radius 2 is 2.12 bits per heavy atom. The fraction of sp³-hybridized carbons (Fsp3) is 0.167. The van der Waals surface area contributed by atoms with Crippen LogP contribution in [0, 0.1) is 11.8 Å². The molecule has 0 atom stereocenters. The van der Waals surface area contributed by atoms with Crippen LogP contribution in [0.3, 0.4) is 0 Å². The SMILES string of the molecule is CC(=O)SCC#Cc1ccc(N=C=S)cc1. The minimum atomic E-state index is 0.0833. The number of aliphatic imine (C=N–C) groups is 1. The first-order valence-corrected chi connectivity index (χ1v) is 5.92. The van der Waals surface area contributed by atoms with E-state index in [4.69, 9.17) is 0 Å². The second-order valence-electron chi connectivity index (χ2n) is 2.83. The van der Waals surface area contributed by atoms with Gasteiger partial charge in [-0.15, -0.1) is 0 Å². The molecule has 1 rings (SSSR count). The number of thiocarbonyl (C=S) groups is 1. The van der Waals surface area contributed by atoms with Gasteiger partial charge in [-0.25, -0.2) is 0 Å². The minimum absolute atomic E-state index is 0.0833. The number of rotatable bonds is 2. The van der Waals surface area contributed by atoms with Gasteiger partial charge in [-0.3, -0.25) is 4.79 Å². The zero-order chi connectivity index (χ0) is 11.8. The van der Waals surface area contributed by atoms with Gasteiger partial charge in [0.25, 0.3) is 0 Å². The lowest BCUT2D eigenvalue weighted by atomic mass is 10.2. The third-order valence-electron chi connectivity index (χ3n) is 1.62. The first kappa shape index (κ1) is 12.7. The van der Waals surface area contributed by atoms with E-state index >= 15 is 0 Å². The Morgan fingerprint density at radius 3 is 2.69 bits per heavy atom. The standard InChI is InChI=1S/C12H9NOS2/c1-10(14)16-8-2-3-11-4-6-12(7-5-11)13-9-15/h4-7H,8H2,1H3. The molecule has 0 spiro atoms. The zero-order valence-electron chi connectivity index (χ0n) is 8.69. The van der Waals surface area contributed by atoms with Gasteiger partial charge in [-0.2, -0.15) is 4.99 Å². The number of thioether (sulfide) groups is 1. The highest BCUT2D eigenvalue weighted by molar-refractivity contribution is 8.13. The molecule has 0 aliphatic carbocycles. The number of isothiocyanates is 1. The van der Waals surface area contributed by atoms with E-state index in [0.717, 1.165) is 11.3 Å². The predicted molar refractivity (Wildman–Crippen MR) is 71.1 cm³/mol. The summed E-state index contributed by atoms with van der Waals surface area (Å²) in [6.07, 6.45) is 0. The normalized spacial score (nSPS) is 8.56. The molecule has 0 heterocycles. The van der Waals surface area contributed by atoms with Crippen molar-refractivity contribution in [3.63, 3.8) is 0 Å². The van der Waals surface area contributed by atoms with Crippen molar-refractivity contribution in [3.05, 3.63) is 29.8 Å². The van der Waals surface area contributed by atoms with Gasteiger partial charge < -0.3 is 0 Å².